The van der Waals surface area contributed by atoms with Crippen LogP contribution in [-0.4, -0.2) is 79.7 Å². The Hall–Kier alpha value is -1.99. The molecule has 1 aromatic rings. The molecule has 0 radical (unpaired) electrons. The summed E-state index contributed by atoms with van der Waals surface area (Å²) in [6, 6.07) is 0.602. The molecule has 2 heterocycles. The van der Waals surface area contributed by atoms with Crippen LogP contribution in [0.2, 0.25) is 0 Å². The quantitative estimate of drug-likeness (QED) is 0.134. The van der Waals surface area contributed by atoms with Crippen LogP contribution in [0.25, 0.3) is 0 Å². The number of nitrogens with zero attached hydrogens (tertiary/aromatic N) is 2. The molecule has 1 aromatic heterocycles. The Kier molecular flexibility index (Phi) is 17.2. The highest BCUT2D eigenvalue weighted by molar-refractivity contribution is 7.98. The number of hydrogen-bond donors (Lipinski definition) is 5. The SMILES string of the molecule is CCCCCCCCCCCCCCC(=O)N[C@@H](CCSC)C(=O)Nc1ccn([C@@H]2O[C@@H](CO)[C@H](O)[C@H]2O)c(=O)n1. The van der Waals surface area contributed by atoms with Gasteiger partial charge in [0.25, 0.3) is 0 Å². The van der Waals surface area contributed by atoms with Gasteiger partial charge in [0.2, 0.25) is 11.8 Å². The fourth-order valence-corrected chi connectivity index (χ4v) is 5.37. The van der Waals surface area contributed by atoms with Crippen LogP contribution >= 0.6 is 11.8 Å². The molecule has 1 saturated heterocycles. The second kappa shape index (κ2) is 20.0. The number of anilines is 1. The molecule has 0 aliphatic carbocycles. The molecule has 41 heavy (non-hydrogen) atoms. The molecule has 0 spiro atoms. The van der Waals surface area contributed by atoms with E-state index in [0.29, 0.717) is 18.6 Å². The lowest BCUT2D eigenvalue weighted by Gasteiger charge is -2.19. The maximum absolute atomic E-state index is 12.9. The minimum Gasteiger partial charge on any atom is -0.394 e. The maximum atomic E-state index is 12.9. The normalized spacial score (nSPS) is 21.1. The third-order valence-corrected chi connectivity index (χ3v) is 8.04. The number of aliphatic hydroxyl groups excluding tert-OH is 3. The van der Waals surface area contributed by atoms with Gasteiger partial charge in [0.05, 0.1) is 6.61 Å². The zero-order valence-corrected chi connectivity index (χ0v) is 25.4. The van der Waals surface area contributed by atoms with Crippen molar-refractivity contribution in [2.45, 2.75) is 127 Å². The van der Waals surface area contributed by atoms with Gasteiger partial charge in [-0.15, -0.1) is 0 Å². The molecule has 0 saturated carbocycles. The van der Waals surface area contributed by atoms with Gasteiger partial charge in [-0.3, -0.25) is 14.2 Å². The lowest BCUT2D eigenvalue weighted by Crippen LogP contribution is -2.44. The van der Waals surface area contributed by atoms with Crippen molar-refractivity contribution in [2.75, 3.05) is 23.9 Å². The predicted molar refractivity (Wildman–Crippen MR) is 161 cm³/mol. The Morgan fingerprint density at radius 3 is 2.17 bits per heavy atom. The van der Waals surface area contributed by atoms with E-state index < -0.39 is 48.8 Å². The lowest BCUT2D eigenvalue weighted by molar-refractivity contribution is -0.126. The fourth-order valence-electron chi connectivity index (χ4n) is 4.90. The van der Waals surface area contributed by atoms with Crippen LogP contribution in [0.1, 0.15) is 103 Å². The molecule has 0 unspecified atom stereocenters. The van der Waals surface area contributed by atoms with Crippen molar-refractivity contribution in [3.8, 4) is 0 Å². The number of hydrogen-bond acceptors (Lipinski definition) is 9. The summed E-state index contributed by atoms with van der Waals surface area (Å²) in [7, 11) is 0. The van der Waals surface area contributed by atoms with E-state index >= 15 is 0 Å². The average molecular weight is 599 g/mol. The van der Waals surface area contributed by atoms with Gasteiger partial charge < -0.3 is 30.7 Å². The summed E-state index contributed by atoms with van der Waals surface area (Å²) in [5, 5.41) is 34.8. The maximum Gasteiger partial charge on any atom is 0.351 e. The summed E-state index contributed by atoms with van der Waals surface area (Å²) in [5.74, 6) is 0.00939. The van der Waals surface area contributed by atoms with Crippen molar-refractivity contribution in [1.82, 2.24) is 14.9 Å². The molecular formula is C29H50N4O7S. The molecule has 1 fully saturated rings. The number of thioether (sulfide) groups is 1. The number of amides is 2. The lowest BCUT2D eigenvalue weighted by atomic mass is 10.0. The van der Waals surface area contributed by atoms with Crippen molar-refractivity contribution in [3.63, 3.8) is 0 Å². The third-order valence-electron chi connectivity index (χ3n) is 7.39. The van der Waals surface area contributed by atoms with Crippen molar-refractivity contribution in [3.05, 3.63) is 22.7 Å². The summed E-state index contributed by atoms with van der Waals surface area (Å²) in [6.07, 6.45) is 13.5. The average Bonchev–Trinajstić information content (AvgIpc) is 3.24. The highest BCUT2D eigenvalue weighted by atomic mass is 32.2. The second-order valence-electron chi connectivity index (χ2n) is 10.8. The Morgan fingerprint density at radius 2 is 1.63 bits per heavy atom. The van der Waals surface area contributed by atoms with E-state index in [2.05, 4.69) is 22.5 Å². The Bertz CT molecular complexity index is 963. The van der Waals surface area contributed by atoms with Crippen molar-refractivity contribution < 1.29 is 29.6 Å². The van der Waals surface area contributed by atoms with Gasteiger partial charge in [-0.25, -0.2) is 4.79 Å². The summed E-state index contributed by atoms with van der Waals surface area (Å²) in [5.41, 5.74) is -0.811. The molecule has 1 aliphatic heterocycles. The van der Waals surface area contributed by atoms with E-state index in [1.54, 1.807) is 11.8 Å². The largest absolute Gasteiger partial charge is 0.394 e. The van der Waals surface area contributed by atoms with E-state index in [9.17, 15) is 29.7 Å². The zero-order valence-electron chi connectivity index (χ0n) is 24.6. The number of unbranched alkanes of at least 4 members (excludes halogenated alkanes) is 11. The van der Waals surface area contributed by atoms with Crippen LogP contribution in [0.3, 0.4) is 0 Å². The van der Waals surface area contributed by atoms with Crippen molar-refractivity contribution in [2.24, 2.45) is 0 Å². The monoisotopic (exact) mass is 598 g/mol. The van der Waals surface area contributed by atoms with Gasteiger partial charge in [0.1, 0.15) is 30.2 Å². The van der Waals surface area contributed by atoms with Crippen LogP contribution in [0.5, 0.6) is 0 Å². The second-order valence-corrected chi connectivity index (χ2v) is 11.7. The molecule has 2 rings (SSSR count). The summed E-state index contributed by atoms with van der Waals surface area (Å²) < 4.78 is 6.36. The predicted octanol–water partition coefficient (Wildman–Crippen LogP) is 3.12. The van der Waals surface area contributed by atoms with E-state index in [1.165, 1.54) is 70.1 Å². The number of carbonyl (C=O) groups is 2. The number of aromatic nitrogens is 2. The number of aliphatic hydroxyl groups is 3. The Labute approximate surface area is 247 Å². The standard InChI is InChI=1S/C29H50N4O7S/c1-3-4-5-6-7-8-9-10-11-12-13-14-15-24(35)30-21(17-19-41-2)27(38)31-23-16-18-33(29(39)32-23)28-26(37)25(36)22(20-34)40-28/h16,18,21-22,25-26,28,34,36-37H,3-15,17,19-20H2,1-2H3,(H,30,35)(H,31,32,38,39)/t21-,22-,25-,26+,28+/m0/s1. The van der Waals surface area contributed by atoms with Gasteiger partial charge in [-0.2, -0.15) is 16.7 Å². The minimum atomic E-state index is -1.43. The van der Waals surface area contributed by atoms with Gasteiger partial charge in [-0.05, 0) is 30.9 Å². The first-order valence-electron chi connectivity index (χ1n) is 15.1. The minimum absolute atomic E-state index is 0.00708. The smallest absolute Gasteiger partial charge is 0.351 e. The van der Waals surface area contributed by atoms with Crippen LogP contribution in [-0.2, 0) is 14.3 Å². The van der Waals surface area contributed by atoms with Gasteiger partial charge >= 0.3 is 5.69 Å². The first-order chi connectivity index (χ1) is 19.8. The van der Waals surface area contributed by atoms with Crippen LogP contribution in [0, 0.1) is 0 Å². The third kappa shape index (κ3) is 12.4. The van der Waals surface area contributed by atoms with E-state index in [0.717, 1.165) is 23.8 Å². The number of rotatable bonds is 21. The first kappa shape index (κ1) is 35.2. The molecule has 234 valence electrons. The van der Waals surface area contributed by atoms with E-state index in [1.807, 2.05) is 6.26 Å². The van der Waals surface area contributed by atoms with Gasteiger partial charge in [0.15, 0.2) is 6.23 Å². The van der Waals surface area contributed by atoms with Gasteiger partial charge in [-0.1, -0.05) is 77.6 Å². The molecular weight excluding hydrogens is 548 g/mol. The number of ether oxygens (including phenoxy) is 1. The first-order valence-corrected chi connectivity index (χ1v) is 16.5. The fraction of sp³-hybridized carbons (Fsp3) is 0.793. The molecule has 0 aromatic carbocycles. The summed E-state index contributed by atoms with van der Waals surface area (Å²) in [6.45, 7) is 1.71. The van der Waals surface area contributed by atoms with Crippen LogP contribution < -0.4 is 16.3 Å². The van der Waals surface area contributed by atoms with Crippen molar-refractivity contribution in [1.29, 1.82) is 0 Å². The van der Waals surface area contributed by atoms with Crippen molar-refractivity contribution >= 4 is 29.4 Å². The molecule has 5 N–H and O–H groups in total. The molecule has 12 heteroatoms. The van der Waals surface area contributed by atoms with Crippen LogP contribution in [0.15, 0.2) is 17.1 Å². The molecule has 11 nitrogen and oxygen atoms in total. The van der Waals surface area contributed by atoms with Crippen LogP contribution in [0.4, 0.5) is 5.82 Å². The highest BCUT2D eigenvalue weighted by Crippen LogP contribution is 2.28. The topological polar surface area (TPSA) is 163 Å². The number of carbonyl (C=O) groups excluding carboxylic acids is 2. The van der Waals surface area contributed by atoms with E-state index in [-0.39, 0.29) is 11.7 Å². The Balaban J connectivity index is 1.76. The Morgan fingerprint density at radius 1 is 1.02 bits per heavy atom. The molecule has 2 amide bonds. The molecule has 0 bridgehead atoms. The molecule has 5 atom stereocenters. The van der Waals surface area contributed by atoms with E-state index in [4.69, 9.17) is 4.74 Å². The molecule has 1 aliphatic rings. The number of nitrogens with one attached hydrogen (secondary N) is 2. The highest BCUT2D eigenvalue weighted by Gasteiger charge is 2.43. The van der Waals surface area contributed by atoms with Gasteiger partial charge in [0, 0.05) is 12.6 Å². The summed E-state index contributed by atoms with van der Waals surface area (Å²) in [4.78, 5) is 41.9. The summed E-state index contributed by atoms with van der Waals surface area (Å²) >= 11 is 1.56. The zero-order chi connectivity index (χ0) is 30.0.